The van der Waals surface area contributed by atoms with Gasteiger partial charge < -0.3 is 4.74 Å². The monoisotopic (exact) mass is 212 g/mol. The quantitative estimate of drug-likeness (QED) is 0.697. The van der Waals surface area contributed by atoms with Crippen LogP contribution in [0.1, 0.15) is 5.56 Å². The van der Waals surface area contributed by atoms with Crippen molar-refractivity contribution in [1.29, 1.82) is 0 Å². The molecule has 1 nitrogen and oxygen atoms in total. The number of thiophene rings is 1. The zero-order valence-corrected chi connectivity index (χ0v) is 9.00. The summed E-state index contributed by atoms with van der Waals surface area (Å²) >= 11 is 7.77. The van der Waals surface area contributed by atoms with E-state index in [0.717, 1.165) is 26.4 Å². The van der Waals surface area contributed by atoms with Gasteiger partial charge in [-0.05, 0) is 18.6 Å². The highest BCUT2D eigenvalue weighted by Gasteiger charge is 2.08. The average Bonchev–Trinajstić information content (AvgIpc) is 2.55. The minimum atomic E-state index is 0.839. The molecule has 0 aliphatic rings. The van der Waals surface area contributed by atoms with E-state index < -0.39 is 0 Å². The Morgan fingerprint density at radius 1 is 1.38 bits per heavy atom. The van der Waals surface area contributed by atoms with Gasteiger partial charge in [-0.1, -0.05) is 17.7 Å². The van der Waals surface area contributed by atoms with Crippen molar-refractivity contribution in [2.45, 2.75) is 6.92 Å². The molecule has 0 atom stereocenters. The second-order valence-electron chi connectivity index (χ2n) is 2.88. The molecule has 0 amide bonds. The van der Waals surface area contributed by atoms with Crippen molar-refractivity contribution in [2.75, 3.05) is 7.11 Å². The van der Waals surface area contributed by atoms with Crippen LogP contribution in [0.2, 0.25) is 5.02 Å². The van der Waals surface area contributed by atoms with Gasteiger partial charge in [0.25, 0.3) is 0 Å². The summed E-state index contributed by atoms with van der Waals surface area (Å²) in [6.07, 6.45) is 0. The molecule has 2 aromatic rings. The number of benzene rings is 1. The van der Waals surface area contributed by atoms with E-state index in [1.807, 2.05) is 24.4 Å². The van der Waals surface area contributed by atoms with Crippen LogP contribution in [0.3, 0.4) is 0 Å². The highest BCUT2D eigenvalue weighted by molar-refractivity contribution is 7.18. The molecule has 3 heteroatoms. The lowest BCUT2D eigenvalue weighted by atomic mass is 10.2. The smallest absolute Gasteiger partial charge is 0.137 e. The molecule has 0 fully saturated rings. The Morgan fingerprint density at radius 2 is 2.15 bits per heavy atom. The summed E-state index contributed by atoms with van der Waals surface area (Å²) in [7, 11) is 1.68. The number of hydrogen-bond acceptors (Lipinski definition) is 2. The zero-order valence-electron chi connectivity index (χ0n) is 7.43. The summed E-state index contributed by atoms with van der Waals surface area (Å²) in [5.74, 6) is 0.905. The third-order valence-corrected chi connectivity index (χ3v) is 3.65. The lowest BCUT2D eigenvalue weighted by Crippen LogP contribution is -1.80. The molecule has 0 saturated heterocycles. The maximum absolute atomic E-state index is 6.15. The number of aryl methyl sites for hydroxylation is 1. The minimum Gasteiger partial charge on any atom is -0.495 e. The first-order valence-corrected chi connectivity index (χ1v) is 5.20. The summed E-state index contributed by atoms with van der Waals surface area (Å²) in [6.45, 7) is 2.01. The summed E-state index contributed by atoms with van der Waals surface area (Å²) < 4.78 is 6.32. The van der Waals surface area contributed by atoms with Crippen LogP contribution in [0.5, 0.6) is 5.75 Å². The van der Waals surface area contributed by atoms with E-state index in [0.29, 0.717) is 0 Å². The van der Waals surface area contributed by atoms with Gasteiger partial charge in [0.05, 0.1) is 16.8 Å². The fourth-order valence-electron chi connectivity index (χ4n) is 1.30. The predicted molar refractivity (Wildman–Crippen MR) is 58.1 cm³/mol. The van der Waals surface area contributed by atoms with Crippen molar-refractivity contribution in [3.8, 4) is 5.75 Å². The lowest BCUT2D eigenvalue weighted by molar-refractivity contribution is 0.421. The predicted octanol–water partition coefficient (Wildman–Crippen LogP) is 3.87. The first-order chi connectivity index (χ1) is 6.24. The Balaban J connectivity index is 2.81. The molecular weight excluding hydrogens is 204 g/mol. The molecule has 0 saturated carbocycles. The van der Waals surface area contributed by atoms with Crippen molar-refractivity contribution in [1.82, 2.24) is 0 Å². The maximum atomic E-state index is 6.15. The van der Waals surface area contributed by atoms with Crippen molar-refractivity contribution >= 4 is 33.0 Å². The van der Waals surface area contributed by atoms with E-state index in [4.69, 9.17) is 16.3 Å². The Labute approximate surface area is 85.9 Å². The first kappa shape index (κ1) is 8.85. The Kier molecular flexibility index (Phi) is 2.18. The fourth-order valence-corrected chi connectivity index (χ4v) is 2.60. The number of rotatable bonds is 1. The number of fused-ring (bicyclic) bond motifs is 1. The molecule has 68 valence electrons. The molecule has 1 heterocycles. The largest absolute Gasteiger partial charge is 0.495 e. The van der Waals surface area contributed by atoms with Gasteiger partial charge in [-0.25, -0.2) is 0 Å². The second kappa shape index (κ2) is 3.20. The minimum absolute atomic E-state index is 0.839. The van der Waals surface area contributed by atoms with Crippen LogP contribution in [0.4, 0.5) is 0 Å². The van der Waals surface area contributed by atoms with Gasteiger partial charge in [-0.2, -0.15) is 0 Å². The number of methoxy groups -OCH3 is 1. The highest BCUT2D eigenvalue weighted by Crippen LogP contribution is 2.37. The van der Waals surface area contributed by atoms with Crippen LogP contribution >= 0.6 is 22.9 Å². The van der Waals surface area contributed by atoms with Gasteiger partial charge in [0, 0.05) is 10.8 Å². The van der Waals surface area contributed by atoms with Crippen LogP contribution in [0.15, 0.2) is 17.5 Å². The Bertz CT molecular complexity index is 447. The van der Waals surface area contributed by atoms with Crippen LogP contribution < -0.4 is 4.74 Å². The van der Waals surface area contributed by atoms with Crippen molar-refractivity contribution in [3.63, 3.8) is 0 Å². The molecule has 13 heavy (non-hydrogen) atoms. The standard InChI is InChI=1S/C10H9ClOS/c1-6-3-4-7-8(12-2)5-13-10(7)9(6)11/h3-5H,1-2H3. The van der Waals surface area contributed by atoms with Gasteiger partial charge in [0.15, 0.2) is 0 Å². The highest BCUT2D eigenvalue weighted by atomic mass is 35.5. The molecule has 1 aromatic carbocycles. The molecule has 0 unspecified atom stereocenters. The molecule has 1 aromatic heterocycles. The van der Waals surface area contributed by atoms with Crippen LogP contribution in [0, 0.1) is 6.92 Å². The van der Waals surface area contributed by atoms with Crippen LogP contribution in [0.25, 0.3) is 10.1 Å². The molecule has 0 N–H and O–H groups in total. The fraction of sp³-hybridized carbons (Fsp3) is 0.200. The van der Waals surface area contributed by atoms with Crippen LogP contribution in [-0.2, 0) is 0 Å². The van der Waals surface area contributed by atoms with Gasteiger partial charge in [0.1, 0.15) is 5.75 Å². The summed E-state index contributed by atoms with van der Waals surface area (Å²) in [5, 5.41) is 3.92. The van der Waals surface area contributed by atoms with Gasteiger partial charge in [-0.15, -0.1) is 11.3 Å². The Hall–Kier alpha value is -0.730. The van der Waals surface area contributed by atoms with Crippen molar-refractivity contribution < 1.29 is 4.74 Å². The SMILES string of the molecule is COc1csc2c(Cl)c(C)ccc12. The van der Waals surface area contributed by atoms with E-state index >= 15 is 0 Å². The van der Waals surface area contributed by atoms with E-state index in [1.165, 1.54) is 0 Å². The summed E-state index contributed by atoms with van der Waals surface area (Å²) in [6, 6.07) is 4.06. The summed E-state index contributed by atoms with van der Waals surface area (Å²) in [4.78, 5) is 0. The lowest BCUT2D eigenvalue weighted by Gasteiger charge is -2.00. The average molecular weight is 213 g/mol. The molecule has 0 aliphatic heterocycles. The third kappa shape index (κ3) is 1.30. The maximum Gasteiger partial charge on any atom is 0.137 e. The van der Waals surface area contributed by atoms with E-state index in [1.54, 1.807) is 18.4 Å². The van der Waals surface area contributed by atoms with Crippen molar-refractivity contribution in [3.05, 3.63) is 28.1 Å². The first-order valence-electron chi connectivity index (χ1n) is 3.94. The van der Waals surface area contributed by atoms with E-state index in [2.05, 4.69) is 0 Å². The number of ether oxygens (including phenoxy) is 1. The number of hydrogen-bond donors (Lipinski definition) is 0. The molecule has 0 spiro atoms. The summed E-state index contributed by atoms with van der Waals surface area (Å²) in [5.41, 5.74) is 1.11. The van der Waals surface area contributed by atoms with Gasteiger partial charge in [0.2, 0.25) is 0 Å². The molecule has 0 radical (unpaired) electrons. The van der Waals surface area contributed by atoms with E-state index in [-0.39, 0.29) is 0 Å². The normalized spacial score (nSPS) is 10.7. The molecule has 0 aliphatic carbocycles. The zero-order chi connectivity index (χ0) is 9.42. The molecular formula is C10H9ClOS. The van der Waals surface area contributed by atoms with Crippen molar-refractivity contribution in [2.24, 2.45) is 0 Å². The van der Waals surface area contributed by atoms with Gasteiger partial charge >= 0.3 is 0 Å². The Morgan fingerprint density at radius 3 is 2.85 bits per heavy atom. The second-order valence-corrected chi connectivity index (χ2v) is 4.13. The number of halogens is 1. The molecule has 0 bridgehead atoms. The van der Waals surface area contributed by atoms with Crippen LogP contribution in [-0.4, -0.2) is 7.11 Å². The topological polar surface area (TPSA) is 9.23 Å². The van der Waals surface area contributed by atoms with E-state index in [9.17, 15) is 0 Å². The third-order valence-electron chi connectivity index (χ3n) is 2.06. The molecule has 2 rings (SSSR count). The van der Waals surface area contributed by atoms with Gasteiger partial charge in [-0.3, -0.25) is 0 Å².